The Labute approximate surface area is 180 Å². The quantitative estimate of drug-likeness (QED) is 0.475. The zero-order valence-electron chi connectivity index (χ0n) is 17.6. The first-order valence-electron chi connectivity index (χ1n) is 10.6. The molecule has 1 aliphatic heterocycles. The van der Waals surface area contributed by atoms with E-state index in [2.05, 4.69) is 10.00 Å². The Balaban J connectivity index is 1.62. The average molecular weight is 429 g/mol. The van der Waals surface area contributed by atoms with Crippen LogP contribution in [0.5, 0.6) is 5.88 Å². The smallest absolute Gasteiger partial charge is 0.241 e. The summed E-state index contributed by atoms with van der Waals surface area (Å²) in [6, 6.07) is 10.4. The molecule has 0 N–H and O–H groups in total. The van der Waals surface area contributed by atoms with E-state index in [9.17, 15) is 13.2 Å². The van der Waals surface area contributed by atoms with Crippen molar-refractivity contribution >= 4 is 0 Å². The molecule has 0 saturated carbocycles. The van der Waals surface area contributed by atoms with Gasteiger partial charge in [0, 0.05) is 23.9 Å². The zero-order chi connectivity index (χ0) is 21.8. The molecular formula is C24H26F3N3O. The minimum atomic E-state index is -1.18. The molecule has 3 aromatic rings. The third kappa shape index (κ3) is 4.93. The maximum Gasteiger partial charge on any atom is 0.241 e. The summed E-state index contributed by atoms with van der Waals surface area (Å²) in [6.45, 7) is 5.00. The van der Waals surface area contributed by atoms with Crippen LogP contribution in [0.2, 0.25) is 0 Å². The first kappa shape index (κ1) is 21.4. The molecule has 0 bridgehead atoms. The number of likely N-dealkylation sites (tertiary alicyclic amines) is 1. The van der Waals surface area contributed by atoms with Crippen LogP contribution in [0.15, 0.2) is 42.6 Å². The van der Waals surface area contributed by atoms with Gasteiger partial charge in [-0.15, -0.1) is 5.10 Å². The number of ether oxygens (including phenoxy) is 1. The van der Waals surface area contributed by atoms with Gasteiger partial charge in [-0.1, -0.05) is 36.8 Å². The van der Waals surface area contributed by atoms with Crippen molar-refractivity contribution < 1.29 is 17.9 Å². The SMILES string of the molecule is Cc1c(F)c(F)cc(-c2cn(CCN3CCCCC3)nc2OCc2ccccc2)c1F. The first-order chi connectivity index (χ1) is 15.0. The molecule has 0 radical (unpaired) electrons. The van der Waals surface area contributed by atoms with Gasteiger partial charge in [0.05, 0.1) is 12.1 Å². The van der Waals surface area contributed by atoms with Gasteiger partial charge in [0.1, 0.15) is 12.4 Å². The van der Waals surface area contributed by atoms with Crippen LogP contribution in [0.25, 0.3) is 11.1 Å². The zero-order valence-corrected chi connectivity index (χ0v) is 17.6. The number of benzene rings is 2. The molecule has 0 unspecified atom stereocenters. The highest BCUT2D eigenvalue weighted by Crippen LogP contribution is 2.34. The van der Waals surface area contributed by atoms with E-state index in [4.69, 9.17) is 4.74 Å². The maximum absolute atomic E-state index is 14.8. The molecule has 2 heterocycles. The maximum atomic E-state index is 14.8. The van der Waals surface area contributed by atoms with E-state index in [-0.39, 0.29) is 23.6 Å². The van der Waals surface area contributed by atoms with Crippen molar-refractivity contribution in [3.8, 4) is 17.0 Å². The fourth-order valence-electron chi connectivity index (χ4n) is 3.89. The van der Waals surface area contributed by atoms with Gasteiger partial charge in [0.25, 0.3) is 0 Å². The van der Waals surface area contributed by atoms with Crippen LogP contribution in [0.4, 0.5) is 13.2 Å². The minimum absolute atomic E-state index is 0.0521. The summed E-state index contributed by atoms with van der Waals surface area (Å²) in [5.74, 6) is -2.87. The van der Waals surface area contributed by atoms with Crippen LogP contribution < -0.4 is 4.74 Å². The Morgan fingerprint density at radius 2 is 1.68 bits per heavy atom. The minimum Gasteiger partial charge on any atom is -0.471 e. The summed E-state index contributed by atoms with van der Waals surface area (Å²) in [7, 11) is 0. The molecule has 4 rings (SSSR count). The van der Waals surface area contributed by atoms with Gasteiger partial charge in [-0.2, -0.15) is 0 Å². The highest BCUT2D eigenvalue weighted by molar-refractivity contribution is 5.69. The molecule has 0 amide bonds. The molecule has 0 atom stereocenters. The van der Waals surface area contributed by atoms with E-state index >= 15 is 0 Å². The van der Waals surface area contributed by atoms with Crippen molar-refractivity contribution in [1.29, 1.82) is 0 Å². The number of hydrogen-bond acceptors (Lipinski definition) is 3. The third-order valence-electron chi connectivity index (χ3n) is 5.71. The number of nitrogens with zero attached hydrogens (tertiary/aromatic N) is 3. The van der Waals surface area contributed by atoms with Crippen LogP contribution in [0.1, 0.15) is 30.4 Å². The Morgan fingerprint density at radius 3 is 2.42 bits per heavy atom. The van der Waals surface area contributed by atoms with Gasteiger partial charge in [0.2, 0.25) is 5.88 Å². The molecule has 4 nitrogen and oxygen atoms in total. The van der Waals surface area contributed by atoms with Gasteiger partial charge in [-0.3, -0.25) is 4.68 Å². The lowest BCUT2D eigenvalue weighted by Crippen LogP contribution is -2.32. The van der Waals surface area contributed by atoms with Gasteiger partial charge < -0.3 is 9.64 Å². The second kappa shape index (κ2) is 9.56. The lowest BCUT2D eigenvalue weighted by atomic mass is 10.0. The largest absolute Gasteiger partial charge is 0.471 e. The lowest BCUT2D eigenvalue weighted by molar-refractivity contribution is 0.216. The first-order valence-corrected chi connectivity index (χ1v) is 10.6. The number of aromatic nitrogens is 2. The van der Waals surface area contributed by atoms with Crippen molar-refractivity contribution in [1.82, 2.24) is 14.7 Å². The summed E-state index contributed by atoms with van der Waals surface area (Å²) in [4.78, 5) is 2.37. The Kier molecular flexibility index (Phi) is 6.61. The van der Waals surface area contributed by atoms with E-state index in [0.29, 0.717) is 12.1 Å². The molecular weight excluding hydrogens is 403 g/mol. The monoisotopic (exact) mass is 429 g/mol. The van der Waals surface area contributed by atoms with E-state index in [1.807, 2.05) is 30.3 Å². The van der Waals surface area contributed by atoms with Crippen molar-refractivity contribution in [2.24, 2.45) is 0 Å². The Morgan fingerprint density at radius 1 is 0.935 bits per heavy atom. The molecule has 164 valence electrons. The summed E-state index contributed by atoms with van der Waals surface area (Å²) in [6.07, 6.45) is 5.29. The van der Waals surface area contributed by atoms with E-state index < -0.39 is 17.5 Å². The molecule has 1 aromatic heterocycles. The third-order valence-corrected chi connectivity index (χ3v) is 5.71. The highest BCUT2D eigenvalue weighted by Gasteiger charge is 2.22. The highest BCUT2D eigenvalue weighted by atomic mass is 19.2. The van der Waals surface area contributed by atoms with Gasteiger partial charge >= 0.3 is 0 Å². The Hall–Kier alpha value is -2.80. The van der Waals surface area contributed by atoms with Crippen molar-refractivity contribution in [2.75, 3.05) is 19.6 Å². The molecule has 2 aromatic carbocycles. The van der Waals surface area contributed by atoms with Crippen molar-refractivity contribution in [2.45, 2.75) is 39.3 Å². The standard InChI is InChI=1S/C24H26F3N3O/c1-17-22(26)19(14-21(25)23(17)27)20-15-30(13-12-29-10-6-3-7-11-29)28-24(20)31-16-18-8-4-2-5-9-18/h2,4-5,8-9,14-15H,3,6-7,10-13,16H2,1H3. The molecule has 1 fully saturated rings. The summed E-state index contributed by atoms with van der Waals surface area (Å²) >= 11 is 0. The summed E-state index contributed by atoms with van der Waals surface area (Å²) in [5.41, 5.74) is 0.834. The molecule has 0 aliphatic carbocycles. The van der Waals surface area contributed by atoms with Gasteiger partial charge in [0.15, 0.2) is 11.6 Å². The van der Waals surface area contributed by atoms with E-state index in [1.165, 1.54) is 26.2 Å². The molecule has 7 heteroatoms. The number of hydrogen-bond donors (Lipinski definition) is 0. The Bertz CT molecular complexity index is 1030. The van der Waals surface area contributed by atoms with Crippen LogP contribution >= 0.6 is 0 Å². The summed E-state index contributed by atoms with van der Waals surface area (Å²) < 4.78 is 50.3. The predicted octanol–water partition coefficient (Wildman–Crippen LogP) is 5.34. The topological polar surface area (TPSA) is 30.3 Å². The van der Waals surface area contributed by atoms with Crippen LogP contribution in [-0.4, -0.2) is 34.3 Å². The van der Waals surface area contributed by atoms with Crippen LogP contribution in [0, 0.1) is 24.4 Å². The average Bonchev–Trinajstić information content (AvgIpc) is 3.21. The number of piperidine rings is 1. The second-order valence-electron chi connectivity index (χ2n) is 7.95. The van der Waals surface area contributed by atoms with Crippen molar-refractivity contribution in [3.05, 3.63) is 71.2 Å². The molecule has 0 spiro atoms. The predicted molar refractivity (Wildman–Crippen MR) is 113 cm³/mol. The fourth-order valence-corrected chi connectivity index (χ4v) is 3.89. The molecule has 31 heavy (non-hydrogen) atoms. The van der Waals surface area contributed by atoms with E-state index in [1.54, 1.807) is 10.9 Å². The lowest BCUT2D eigenvalue weighted by Gasteiger charge is -2.26. The van der Waals surface area contributed by atoms with Gasteiger partial charge in [-0.25, -0.2) is 13.2 Å². The summed E-state index contributed by atoms with van der Waals surface area (Å²) in [5, 5.41) is 4.49. The number of rotatable bonds is 7. The van der Waals surface area contributed by atoms with Crippen LogP contribution in [-0.2, 0) is 13.2 Å². The van der Waals surface area contributed by atoms with Crippen molar-refractivity contribution in [3.63, 3.8) is 0 Å². The van der Waals surface area contributed by atoms with Crippen LogP contribution in [0.3, 0.4) is 0 Å². The molecule has 1 saturated heterocycles. The number of halogens is 3. The molecule has 1 aliphatic rings. The fraction of sp³-hybridized carbons (Fsp3) is 0.375. The van der Waals surface area contributed by atoms with E-state index in [0.717, 1.165) is 31.3 Å². The van der Waals surface area contributed by atoms with Gasteiger partial charge in [-0.05, 0) is 44.5 Å². The normalized spacial score (nSPS) is 14.7. The second-order valence-corrected chi connectivity index (χ2v) is 7.95.